The van der Waals surface area contributed by atoms with Gasteiger partial charge in [-0.2, -0.15) is 5.10 Å². The Bertz CT molecular complexity index is 1020. The minimum atomic E-state index is -0.702. The van der Waals surface area contributed by atoms with Gasteiger partial charge in [0.1, 0.15) is 11.4 Å². The number of nitrogens with one attached hydrogen (secondary N) is 1. The second-order valence-electron chi connectivity index (χ2n) is 8.56. The summed E-state index contributed by atoms with van der Waals surface area (Å²) in [4.78, 5) is 30.3. The van der Waals surface area contributed by atoms with Crippen molar-refractivity contribution in [1.29, 1.82) is 0 Å². The van der Waals surface area contributed by atoms with Gasteiger partial charge < -0.3 is 19.3 Å². The smallest absolute Gasteiger partial charge is 0.230 e. The van der Waals surface area contributed by atoms with Crippen molar-refractivity contribution in [3.63, 3.8) is 0 Å². The average Bonchev–Trinajstić information content (AvgIpc) is 3.55. The highest BCUT2D eigenvalue weighted by Gasteiger charge is 2.67. The first kappa shape index (κ1) is 19.8. The van der Waals surface area contributed by atoms with Gasteiger partial charge in [-0.25, -0.2) is 0 Å². The van der Waals surface area contributed by atoms with E-state index < -0.39 is 17.4 Å². The molecule has 8 heteroatoms. The summed E-state index contributed by atoms with van der Waals surface area (Å²) in [5.41, 5.74) is 1.33. The van der Waals surface area contributed by atoms with Crippen molar-refractivity contribution in [2.24, 2.45) is 11.8 Å². The Morgan fingerprint density at radius 2 is 2.29 bits per heavy atom. The molecule has 1 spiro atoms. The summed E-state index contributed by atoms with van der Waals surface area (Å²) >= 11 is 0. The summed E-state index contributed by atoms with van der Waals surface area (Å²) in [6, 6.07) is 7.70. The van der Waals surface area contributed by atoms with Gasteiger partial charge in [0.15, 0.2) is 0 Å². The summed E-state index contributed by atoms with van der Waals surface area (Å²) in [5, 5.41) is 6.73. The van der Waals surface area contributed by atoms with E-state index >= 15 is 0 Å². The molecule has 0 aliphatic carbocycles. The number of likely N-dealkylation sites (N-methyl/N-ethyl adjacent to an activating group) is 1. The van der Waals surface area contributed by atoms with Crippen LogP contribution in [0.4, 0.5) is 0 Å². The Labute approximate surface area is 180 Å². The molecule has 2 fully saturated rings. The molecule has 2 aromatic rings. The molecular formula is C23H26N4O4. The van der Waals surface area contributed by atoms with Crippen LogP contribution >= 0.6 is 0 Å². The number of aromatic nitrogens is 2. The van der Waals surface area contributed by atoms with Gasteiger partial charge in [-0.3, -0.25) is 14.7 Å². The van der Waals surface area contributed by atoms with Crippen molar-refractivity contribution in [3.05, 3.63) is 59.9 Å². The quantitative estimate of drug-likeness (QED) is 0.682. The second-order valence-corrected chi connectivity index (χ2v) is 8.56. The van der Waals surface area contributed by atoms with Gasteiger partial charge in [0.25, 0.3) is 0 Å². The van der Waals surface area contributed by atoms with Crippen molar-refractivity contribution in [1.82, 2.24) is 20.0 Å². The van der Waals surface area contributed by atoms with Crippen LogP contribution in [-0.4, -0.2) is 70.8 Å². The Balaban J connectivity index is 1.32. The number of rotatable bonds is 7. The number of hydrogen-bond donors (Lipinski definition) is 1. The lowest BCUT2D eigenvalue weighted by atomic mass is 9.76. The van der Waals surface area contributed by atoms with Gasteiger partial charge in [-0.15, -0.1) is 0 Å². The van der Waals surface area contributed by atoms with Gasteiger partial charge >= 0.3 is 0 Å². The number of nitrogens with zero attached hydrogens (tertiary/aromatic N) is 3. The summed E-state index contributed by atoms with van der Waals surface area (Å²) in [7, 11) is 3.41. The largest absolute Gasteiger partial charge is 0.497 e. The van der Waals surface area contributed by atoms with E-state index in [1.807, 2.05) is 42.6 Å². The molecule has 3 aliphatic rings. The molecule has 5 rings (SSSR count). The van der Waals surface area contributed by atoms with Crippen LogP contribution < -0.4 is 4.74 Å². The molecule has 2 saturated heterocycles. The summed E-state index contributed by atoms with van der Waals surface area (Å²) < 4.78 is 11.5. The number of methoxy groups -OCH3 is 1. The monoisotopic (exact) mass is 422 g/mol. The first-order chi connectivity index (χ1) is 15.0. The first-order valence-corrected chi connectivity index (χ1v) is 10.5. The fourth-order valence-electron chi connectivity index (χ4n) is 5.06. The Morgan fingerprint density at radius 1 is 1.42 bits per heavy atom. The number of carbonyl (C=O) groups excluding carboxylic acids is 2. The van der Waals surface area contributed by atoms with Gasteiger partial charge in [0.2, 0.25) is 11.8 Å². The Kier molecular flexibility index (Phi) is 4.81. The number of aromatic amines is 1. The number of H-pyrrole nitrogens is 1. The molecule has 31 heavy (non-hydrogen) atoms. The van der Waals surface area contributed by atoms with Gasteiger partial charge in [0.05, 0.1) is 37.8 Å². The van der Waals surface area contributed by atoms with Gasteiger partial charge in [0, 0.05) is 26.3 Å². The molecule has 4 heterocycles. The maximum atomic E-state index is 13.4. The highest BCUT2D eigenvalue weighted by Crippen LogP contribution is 2.52. The van der Waals surface area contributed by atoms with Crippen LogP contribution in [0.5, 0.6) is 5.75 Å². The average molecular weight is 422 g/mol. The van der Waals surface area contributed by atoms with Crippen LogP contribution in [0.3, 0.4) is 0 Å². The molecule has 2 bridgehead atoms. The maximum absolute atomic E-state index is 13.4. The van der Waals surface area contributed by atoms with Crippen LogP contribution in [0.15, 0.2) is 48.8 Å². The number of ether oxygens (including phenoxy) is 2. The lowest BCUT2D eigenvalue weighted by Crippen LogP contribution is -2.45. The molecule has 3 aliphatic heterocycles. The third kappa shape index (κ3) is 3.31. The standard InChI is InChI=1S/C23H26N4O4/c1-26(9-7-16-11-24-25-12-16)21(28)19-18-6-8-23(31-18)14-27(22(29)20(19)23)13-15-4-3-5-17(10-15)30-2/h3-6,8,10-12,18-20H,7,9,13-14H2,1-2H3,(H,24,25)/t18-,19+,20+,23-/m0/s1. The molecule has 2 amide bonds. The van der Waals surface area contributed by atoms with Crippen LogP contribution in [0.25, 0.3) is 0 Å². The molecular weight excluding hydrogens is 396 g/mol. The van der Waals surface area contributed by atoms with E-state index in [0.29, 0.717) is 26.1 Å². The normalized spacial score (nSPS) is 28.3. The van der Waals surface area contributed by atoms with E-state index in [2.05, 4.69) is 10.2 Å². The zero-order valence-electron chi connectivity index (χ0n) is 17.7. The lowest BCUT2D eigenvalue weighted by Gasteiger charge is -2.27. The molecule has 4 atom stereocenters. The summed E-state index contributed by atoms with van der Waals surface area (Å²) in [6.07, 6.45) is 7.89. The predicted octanol–water partition coefficient (Wildman–Crippen LogP) is 1.40. The molecule has 0 unspecified atom stereocenters. The molecule has 0 saturated carbocycles. The summed E-state index contributed by atoms with van der Waals surface area (Å²) in [5.74, 6) is -0.261. The van der Waals surface area contributed by atoms with E-state index in [1.54, 1.807) is 30.2 Å². The topological polar surface area (TPSA) is 87.8 Å². The van der Waals surface area contributed by atoms with Crippen molar-refractivity contribution in [3.8, 4) is 5.75 Å². The number of likely N-dealkylation sites (tertiary alicyclic amines) is 1. The van der Waals surface area contributed by atoms with E-state index in [1.165, 1.54) is 0 Å². The molecule has 162 valence electrons. The van der Waals surface area contributed by atoms with Gasteiger partial charge in [-0.1, -0.05) is 24.3 Å². The zero-order valence-corrected chi connectivity index (χ0v) is 17.7. The van der Waals surface area contributed by atoms with E-state index in [9.17, 15) is 9.59 Å². The van der Waals surface area contributed by atoms with Crippen molar-refractivity contribution in [2.45, 2.75) is 24.7 Å². The van der Waals surface area contributed by atoms with E-state index in [4.69, 9.17) is 9.47 Å². The van der Waals surface area contributed by atoms with Crippen LogP contribution in [-0.2, 0) is 27.3 Å². The molecule has 1 aromatic carbocycles. The molecule has 1 aromatic heterocycles. The van der Waals surface area contributed by atoms with Crippen molar-refractivity contribution in [2.75, 3.05) is 27.2 Å². The van der Waals surface area contributed by atoms with Crippen molar-refractivity contribution < 1.29 is 19.1 Å². The van der Waals surface area contributed by atoms with Crippen LogP contribution in [0.1, 0.15) is 11.1 Å². The highest BCUT2D eigenvalue weighted by molar-refractivity contribution is 5.93. The molecule has 1 N–H and O–H groups in total. The number of carbonyl (C=O) groups is 2. The lowest BCUT2D eigenvalue weighted by molar-refractivity contribution is -0.142. The zero-order chi connectivity index (χ0) is 21.6. The number of hydrogen-bond acceptors (Lipinski definition) is 5. The van der Waals surface area contributed by atoms with Crippen molar-refractivity contribution >= 4 is 11.8 Å². The first-order valence-electron chi connectivity index (χ1n) is 10.5. The van der Waals surface area contributed by atoms with E-state index in [0.717, 1.165) is 16.9 Å². The maximum Gasteiger partial charge on any atom is 0.230 e. The minimum Gasteiger partial charge on any atom is -0.497 e. The Hall–Kier alpha value is -3.13. The summed E-state index contributed by atoms with van der Waals surface area (Å²) in [6.45, 7) is 1.49. The number of benzene rings is 1. The molecule has 8 nitrogen and oxygen atoms in total. The van der Waals surface area contributed by atoms with Crippen LogP contribution in [0.2, 0.25) is 0 Å². The second kappa shape index (κ2) is 7.53. The number of fused-ring (bicyclic) bond motifs is 1. The van der Waals surface area contributed by atoms with E-state index in [-0.39, 0.29) is 17.9 Å². The highest BCUT2D eigenvalue weighted by atomic mass is 16.5. The molecule has 0 radical (unpaired) electrons. The predicted molar refractivity (Wildman–Crippen MR) is 112 cm³/mol. The fourth-order valence-corrected chi connectivity index (χ4v) is 5.06. The minimum absolute atomic E-state index is 0.0174. The number of amides is 2. The van der Waals surface area contributed by atoms with Gasteiger partial charge in [-0.05, 0) is 29.7 Å². The fraction of sp³-hybridized carbons (Fsp3) is 0.435. The van der Waals surface area contributed by atoms with Crippen LogP contribution in [0, 0.1) is 11.8 Å². The third-order valence-electron chi connectivity index (χ3n) is 6.64. The third-order valence-corrected chi connectivity index (χ3v) is 6.64. The Morgan fingerprint density at radius 3 is 3.06 bits per heavy atom. The SMILES string of the molecule is COc1cccc(CN2C[C@]34C=C[C@H](O3)[C@@H](C(=O)N(C)CCc3cn[nH]c3)[C@@H]4C2=O)c1.